The number of amides is 1. The number of piperidine rings is 1. The Morgan fingerprint density at radius 2 is 2.17 bits per heavy atom. The van der Waals surface area contributed by atoms with E-state index in [-0.39, 0.29) is 17.2 Å². The van der Waals surface area contributed by atoms with Crippen molar-refractivity contribution in [3.05, 3.63) is 28.3 Å². The van der Waals surface area contributed by atoms with Crippen molar-refractivity contribution in [3.63, 3.8) is 0 Å². The van der Waals surface area contributed by atoms with Crippen LogP contribution in [0.4, 0.5) is 0 Å². The molecule has 1 saturated carbocycles. The molecule has 1 saturated heterocycles. The van der Waals surface area contributed by atoms with E-state index in [0.717, 1.165) is 35.5 Å². The van der Waals surface area contributed by atoms with Crippen LogP contribution in [-0.2, 0) is 4.79 Å². The number of aromatic amines is 1. The van der Waals surface area contributed by atoms with Gasteiger partial charge in [-0.25, -0.2) is 4.98 Å². The number of rotatable bonds is 3. The number of thiazole rings is 1. The van der Waals surface area contributed by atoms with E-state index in [1.54, 1.807) is 11.3 Å². The number of aliphatic carboxylic acids is 1. The Kier molecular flexibility index (Phi) is 3.49. The number of nitrogens with one attached hydrogen (secondary N) is 1. The maximum absolute atomic E-state index is 12.7. The lowest BCUT2D eigenvalue weighted by Gasteiger charge is -2.32. The highest BCUT2D eigenvalue weighted by molar-refractivity contribution is 7.09. The molecule has 7 heteroatoms. The van der Waals surface area contributed by atoms with Crippen molar-refractivity contribution >= 4 is 23.2 Å². The van der Waals surface area contributed by atoms with Crippen LogP contribution in [0.1, 0.15) is 34.8 Å². The molecule has 6 nitrogen and oxygen atoms in total. The maximum Gasteiger partial charge on any atom is 0.307 e. The first-order valence-electron chi connectivity index (χ1n) is 8.11. The highest BCUT2D eigenvalue weighted by atomic mass is 32.1. The van der Waals surface area contributed by atoms with Gasteiger partial charge in [0.25, 0.3) is 5.91 Å². The van der Waals surface area contributed by atoms with Gasteiger partial charge in [-0.05, 0) is 37.7 Å². The largest absolute Gasteiger partial charge is 0.481 e. The molecular weight excluding hydrogens is 326 g/mol. The highest BCUT2D eigenvalue weighted by Crippen LogP contribution is 2.59. The van der Waals surface area contributed by atoms with E-state index < -0.39 is 5.97 Å². The second-order valence-electron chi connectivity index (χ2n) is 6.80. The molecule has 0 bridgehead atoms. The van der Waals surface area contributed by atoms with E-state index in [1.807, 2.05) is 29.5 Å². The quantitative estimate of drug-likeness (QED) is 0.895. The number of likely N-dealkylation sites (tertiary alicyclic amines) is 1. The number of aromatic nitrogens is 2. The smallest absolute Gasteiger partial charge is 0.307 e. The average Bonchev–Trinajstić information content (AvgIpc) is 2.92. The molecule has 1 aliphatic heterocycles. The van der Waals surface area contributed by atoms with Crippen molar-refractivity contribution in [2.75, 3.05) is 13.1 Å². The maximum atomic E-state index is 12.7. The molecule has 1 aliphatic carbocycles. The lowest BCUT2D eigenvalue weighted by molar-refractivity contribution is -0.139. The summed E-state index contributed by atoms with van der Waals surface area (Å²) in [5, 5.41) is 12.1. The van der Waals surface area contributed by atoms with Crippen molar-refractivity contribution in [3.8, 4) is 11.3 Å². The predicted molar refractivity (Wildman–Crippen MR) is 90.0 cm³/mol. The van der Waals surface area contributed by atoms with Gasteiger partial charge in [0.05, 0.1) is 16.6 Å². The minimum absolute atomic E-state index is 0.0180. The van der Waals surface area contributed by atoms with Crippen molar-refractivity contribution < 1.29 is 14.7 Å². The van der Waals surface area contributed by atoms with E-state index in [0.29, 0.717) is 18.8 Å². The van der Waals surface area contributed by atoms with Gasteiger partial charge in [0, 0.05) is 30.2 Å². The third-order valence-electron chi connectivity index (χ3n) is 5.36. The number of carbonyl (C=O) groups excluding carboxylic acids is 1. The van der Waals surface area contributed by atoms with Gasteiger partial charge < -0.3 is 15.0 Å². The zero-order valence-corrected chi connectivity index (χ0v) is 14.2. The average molecular weight is 345 g/mol. The number of H-pyrrole nitrogens is 1. The summed E-state index contributed by atoms with van der Waals surface area (Å²) in [6.45, 7) is 3.22. The Morgan fingerprint density at radius 3 is 2.75 bits per heavy atom. The Hall–Kier alpha value is -2.15. The zero-order valence-electron chi connectivity index (χ0n) is 13.4. The summed E-state index contributed by atoms with van der Waals surface area (Å²) >= 11 is 1.59. The van der Waals surface area contributed by atoms with Gasteiger partial charge in [-0.1, -0.05) is 0 Å². The molecule has 1 atom stereocenters. The van der Waals surface area contributed by atoms with Crippen molar-refractivity contribution in [2.24, 2.45) is 11.3 Å². The summed E-state index contributed by atoms with van der Waals surface area (Å²) in [4.78, 5) is 33.1. The van der Waals surface area contributed by atoms with E-state index in [2.05, 4.69) is 9.97 Å². The number of aryl methyl sites for hydroxylation is 1. The van der Waals surface area contributed by atoms with E-state index in [4.69, 9.17) is 5.11 Å². The molecule has 2 aromatic heterocycles. The van der Waals surface area contributed by atoms with Crippen molar-refractivity contribution in [2.45, 2.75) is 26.2 Å². The van der Waals surface area contributed by atoms with Gasteiger partial charge in [-0.2, -0.15) is 0 Å². The molecule has 126 valence electrons. The van der Waals surface area contributed by atoms with Crippen LogP contribution in [-0.4, -0.2) is 44.9 Å². The number of carboxylic acids is 1. The summed E-state index contributed by atoms with van der Waals surface area (Å²) < 4.78 is 0. The van der Waals surface area contributed by atoms with Crippen LogP contribution in [0.3, 0.4) is 0 Å². The van der Waals surface area contributed by atoms with E-state index in [1.165, 1.54) is 0 Å². The summed E-state index contributed by atoms with van der Waals surface area (Å²) in [7, 11) is 0. The van der Waals surface area contributed by atoms with E-state index in [9.17, 15) is 9.59 Å². The molecular formula is C17H19N3O3S. The SMILES string of the molecule is Cc1nc(-c2c[nH]c(C(=O)N3CCC4(CC3)CC4C(=O)O)c2)cs1. The van der Waals surface area contributed by atoms with Crippen LogP contribution >= 0.6 is 11.3 Å². The van der Waals surface area contributed by atoms with Crippen LogP contribution in [0.5, 0.6) is 0 Å². The molecule has 0 radical (unpaired) electrons. The van der Waals surface area contributed by atoms with Crippen LogP contribution in [0.25, 0.3) is 11.3 Å². The fourth-order valence-electron chi connectivity index (χ4n) is 3.74. The Morgan fingerprint density at radius 1 is 1.42 bits per heavy atom. The minimum atomic E-state index is -0.692. The molecule has 2 N–H and O–H groups in total. The zero-order chi connectivity index (χ0) is 16.9. The number of nitrogens with zero attached hydrogens (tertiary/aromatic N) is 2. The summed E-state index contributed by atoms with van der Waals surface area (Å²) in [6, 6.07) is 1.85. The van der Waals surface area contributed by atoms with E-state index >= 15 is 0 Å². The topological polar surface area (TPSA) is 86.3 Å². The fraction of sp³-hybridized carbons (Fsp3) is 0.471. The molecule has 2 fully saturated rings. The number of hydrogen-bond donors (Lipinski definition) is 2. The molecule has 1 spiro atoms. The first-order chi connectivity index (χ1) is 11.5. The van der Waals surface area contributed by atoms with Gasteiger partial charge in [-0.3, -0.25) is 9.59 Å². The van der Waals surface area contributed by atoms with Crippen LogP contribution in [0.2, 0.25) is 0 Å². The lowest BCUT2D eigenvalue weighted by atomic mass is 9.90. The second-order valence-corrected chi connectivity index (χ2v) is 7.87. The summed E-state index contributed by atoms with van der Waals surface area (Å²) in [5.41, 5.74) is 2.32. The lowest BCUT2D eigenvalue weighted by Crippen LogP contribution is -2.40. The molecule has 0 aromatic carbocycles. The Bertz CT molecular complexity index is 802. The first kappa shape index (κ1) is 15.4. The van der Waals surface area contributed by atoms with Crippen LogP contribution in [0.15, 0.2) is 17.6 Å². The monoisotopic (exact) mass is 345 g/mol. The van der Waals surface area contributed by atoms with Gasteiger partial charge in [0.2, 0.25) is 0 Å². The summed E-state index contributed by atoms with van der Waals surface area (Å²) in [6.07, 6.45) is 4.15. The van der Waals surface area contributed by atoms with Gasteiger partial charge >= 0.3 is 5.97 Å². The molecule has 2 aromatic rings. The Labute approximate surface area is 143 Å². The van der Waals surface area contributed by atoms with Gasteiger partial charge in [-0.15, -0.1) is 11.3 Å². The van der Waals surface area contributed by atoms with Crippen molar-refractivity contribution in [1.82, 2.24) is 14.9 Å². The molecule has 4 rings (SSSR count). The van der Waals surface area contributed by atoms with Crippen molar-refractivity contribution in [1.29, 1.82) is 0 Å². The second kappa shape index (κ2) is 5.44. The summed E-state index contributed by atoms with van der Waals surface area (Å²) in [5.74, 6) is -0.919. The van der Waals surface area contributed by atoms with Gasteiger partial charge in [0.15, 0.2) is 0 Å². The third-order valence-corrected chi connectivity index (χ3v) is 6.14. The molecule has 1 unspecified atom stereocenters. The highest BCUT2D eigenvalue weighted by Gasteiger charge is 2.59. The third kappa shape index (κ3) is 2.53. The fourth-order valence-corrected chi connectivity index (χ4v) is 4.36. The molecule has 3 heterocycles. The van der Waals surface area contributed by atoms with Crippen LogP contribution < -0.4 is 0 Å². The molecule has 24 heavy (non-hydrogen) atoms. The van der Waals surface area contributed by atoms with Gasteiger partial charge in [0.1, 0.15) is 5.69 Å². The Balaban J connectivity index is 1.42. The predicted octanol–water partition coefficient (Wildman–Crippen LogP) is 2.77. The molecule has 1 amide bonds. The first-order valence-corrected chi connectivity index (χ1v) is 8.99. The number of carbonyl (C=O) groups is 2. The normalized spacial score (nSPS) is 21.9. The van der Waals surface area contributed by atoms with Crippen LogP contribution in [0, 0.1) is 18.3 Å². The number of carboxylic acid groups (broad SMARTS) is 1. The minimum Gasteiger partial charge on any atom is -0.481 e. The molecule has 2 aliphatic rings. The number of hydrogen-bond acceptors (Lipinski definition) is 4. The standard InChI is InChI=1S/C17H19N3O3S/c1-10-19-14(9-24-10)11-6-13(18-8-11)15(21)20-4-2-17(3-5-20)7-12(17)16(22)23/h6,8-9,12,18H,2-5,7H2,1H3,(H,22,23).